The molecule has 0 amide bonds. The Kier molecular flexibility index (Phi) is 3.79. The molecule has 0 radical (unpaired) electrons. The minimum Gasteiger partial charge on any atom is -0.465 e. The van der Waals surface area contributed by atoms with Gasteiger partial charge < -0.3 is 4.74 Å². The van der Waals surface area contributed by atoms with Gasteiger partial charge in [0.1, 0.15) is 6.04 Å². The van der Waals surface area contributed by atoms with Crippen LogP contribution in [0.2, 0.25) is 0 Å². The zero-order chi connectivity index (χ0) is 12.3. The van der Waals surface area contributed by atoms with Crippen molar-refractivity contribution in [1.82, 2.24) is 5.32 Å². The van der Waals surface area contributed by atoms with Crippen molar-refractivity contribution in [2.75, 3.05) is 6.61 Å². The van der Waals surface area contributed by atoms with E-state index in [1.807, 2.05) is 6.92 Å². The number of hydrogen-bond donors (Lipinski definition) is 1. The highest BCUT2D eigenvalue weighted by Gasteiger charge is 2.42. The minimum atomic E-state index is -0.110. The van der Waals surface area contributed by atoms with Gasteiger partial charge in [-0.05, 0) is 32.3 Å². The molecule has 3 nitrogen and oxygen atoms in total. The second kappa shape index (κ2) is 5.32. The van der Waals surface area contributed by atoms with Crippen LogP contribution in [0, 0.1) is 6.92 Å². The molecule has 1 saturated heterocycles. The maximum Gasteiger partial charge on any atom is 0.324 e. The predicted molar refractivity (Wildman–Crippen MR) is 66.8 cm³/mol. The topological polar surface area (TPSA) is 48.2 Å². The third-order valence-electron chi connectivity index (χ3n) is 3.09. The fraction of sp³-hybridized carbons (Fsp3) is 0.500. The monoisotopic (exact) mass is 233 g/mol. The highest BCUT2D eigenvalue weighted by atomic mass is 16.5. The number of aryl methyl sites for hydroxylation is 2. The summed E-state index contributed by atoms with van der Waals surface area (Å²) < 4.78 is 4.96. The molecule has 0 aromatic heterocycles. The molecule has 2 unspecified atom stereocenters. The van der Waals surface area contributed by atoms with Gasteiger partial charge in [-0.25, -0.2) is 0 Å². The first-order valence-corrected chi connectivity index (χ1v) is 6.19. The summed E-state index contributed by atoms with van der Waals surface area (Å²) in [7, 11) is 0. The van der Waals surface area contributed by atoms with E-state index in [2.05, 4.69) is 36.5 Å². The highest BCUT2D eigenvalue weighted by Crippen LogP contribution is 2.19. The Hall–Kier alpha value is -1.35. The third kappa shape index (κ3) is 3.30. The Balaban J connectivity index is 1.74. The van der Waals surface area contributed by atoms with Crippen molar-refractivity contribution in [3.63, 3.8) is 0 Å². The van der Waals surface area contributed by atoms with Gasteiger partial charge in [-0.3, -0.25) is 10.1 Å². The average molecular weight is 233 g/mol. The van der Waals surface area contributed by atoms with Gasteiger partial charge >= 0.3 is 5.97 Å². The Morgan fingerprint density at radius 3 is 2.71 bits per heavy atom. The number of carbonyl (C=O) groups is 1. The Bertz CT molecular complexity index is 386. The van der Waals surface area contributed by atoms with Crippen LogP contribution in [0.15, 0.2) is 24.3 Å². The van der Waals surface area contributed by atoms with Gasteiger partial charge in [-0.2, -0.15) is 0 Å². The summed E-state index contributed by atoms with van der Waals surface area (Å²) in [6, 6.07) is 8.78. The first kappa shape index (κ1) is 12.1. The maximum atomic E-state index is 11.4. The summed E-state index contributed by atoms with van der Waals surface area (Å²) >= 11 is 0. The number of carbonyl (C=O) groups excluding carboxylic acids is 1. The van der Waals surface area contributed by atoms with Gasteiger partial charge in [0, 0.05) is 6.04 Å². The smallest absolute Gasteiger partial charge is 0.324 e. The van der Waals surface area contributed by atoms with E-state index in [9.17, 15) is 4.79 Å². The Morgan fingerprint density at radius 2 is 2.06 bits per heavy atom. The van der Waals surface area contributed by atoms with Crippen LogP contribution in [-0.4, -0.2) is 24.7 Å². The van der Waals surface area contributed by atoms with Crippen LogP contribution in [0.5, 0.6) is 0 Å². The zero-order valence-corrected chi connectivity index (χ0v) is 10.4. The van der Waals surface area contributed by atoms with E-state index in [0.717, 1.165) is 12.8 Å². The van der Waals surface area contributed by atoms with Gasteiger partial charge in [0.15, 0.2) is 0 Å². The maximum absolute atomic E-state index is 11.4. The van der Waals surface area contributed by atoms with E-state index >= 15 is 0 Å². The summed E-state index contributed by atoms with van der Waals surface area (Å²) in [4.78, 5) is 11.4. The van der Waals surface area contributed by atoms with Crippen LogP contribution < -0.4 is 5.32 Å². The lowest BCUT2D eigenvalue weighted by Crippen LogP contribution is -2.15. The number of rotatable bonds is 5. The second-order valence-corrected chi connectivity index (χ2v) is 4.53. The molecule has 92 valence electrons. The van der Waals surface area contributed by atoms with Crippen LogP contribution in [0.4, 0.5) is 0 Å². The largest absolute Gasteiger partial charge is 0.465 e. The molecule has 1 heterocycles. The molecule has 3 heteroatoms. The Morgan fingerprint density at radius 1 is 1.35 bits per heavy atom. The molecule has 0 spiro atoms. The minimum absolute atomic E-state index is 0.0691. The van der Waals surface area contributed by atoms with Crippen molar-refractivity contribution < 1.29 is 9.53 Å². The molecular weight excluding hydrogens is 214 g/mol. The molecule has 1 fully saturated rings. The molecule has 0 bridgehead atoms. The van der Waals surface area contributed by atoms with E-state index in [-0.39, 0.29) is 12.0 Å². The van der Waals surface area contributed by atoms with E-state index in [4.69, 9.17) is 4.74 Å². The Labute approximate surface area is 102 Å². The van der Waals surface area contributed by atoms with Crippen molar-refractivity contribution in [3.05, 3.63) is 35.4 Å². The first-order chi connectivity index (χ1) is 8.20. The summed E-state index contributed by atoms with van der Waals surface area (Å²) in [5.41, 5.74) is 2.61. The molecule has 0 aliphatic carbocycles. The van der Waals surface area contributed by atoms with Crippen molar-refractivity contribution in [3.8, 4) is 0 Å². The van der Waals surface area contributed by atoms with Crippen molar-refractivity contribution in [2.45, 2.75) is 38.8 Å². The number of nitrogens with one attached hydrogen (secondary N) is 1. The van der Waals surface area contributed by atoms with Gasteiger partial charge in [-0.15, -0.1) is 0 Å². The van der Waals surface area contributed by atoms with Gasteiger partial charge in [-0.1, -0.05) is 29.8 Å². The lowest BCUT2D eigenvalue weighted by atomic mass is 10.1. The second-order valence-electron chi connectivity index (χ2n) is 4.53. The van der Waals surface area contributed by atoms with Gasteiger partial charge in [0.25, 0.3) is 0 Å². The van der Waals surface area contributed by atoms with E-state index < -0.39 is 0 Å². The SMILES string of the molecule is CCOC(=O)C1NC1CCc1ccc(C)cc1. The van der Waals surface area contributed by atoms with Crippen LogP contribution in [0.3, 0.4) is 0 Å². The summed E-state index contributed by atoms with van der Waals surface area (Å²) in [5, 5.41) is 3.16. The number of ether oxygens (including phenoxy) is 1. The first-order valence-electron chi connectivity index (χ1n) is 6.19. The standard InChI is InChI=1S/C14H19NO2/c1-3-17-14(16)13-12(15-13)9-8-11-6-4-10(2)5-7-11/h4-7,12-13,15H,3,8-9H2,1-2H3. The lowest BCUT2D eigenvalue weighted by molar-refractivity contribution is -0.142. The van der Waals surface area contributed by atoms with E-state index in [1.165, 1.54) is 11.1 Å². The molecule has 0 saturated carbocycles. The number of hydrogen-bond acceptors (Lipinski definition) is 3. The van der Waals surface area contributed by atoms with Crippen LogP contribution >= 0.6 is 0 Å². The molecule has 2 rings (SSSR count). The van der Waals surface area contributed by atoms with Crippen molar-refractivity contribution in [1.29, 1.82) is 0 Å². The van der Waals surface area contributed by atoms with Crippen LogP contribution in [0.1, 0.15) is 24.5 Å². The zero-order valence-electron chi connectivity index (χ0n) is 10.4. The number of benzene rings is 1. The molecule has 1 N–H and O–H groups in total. The summed E-state index contributed by atoms with van der Waals surface area (Å²) in [5.74, 6) is -0.110. The summed E-state index contributed by atoms with van der Waals surface area (Å²) in [6.07, 6.45) is 2.00. The fourth-order valence-electron chi connectivity index (χ4n) is 1.97. The predicted octanol–water partition coefficient (Wildman–Crippen LogP) is 1.83. The molecule has 1 aliphatic rings. The fourth-order valence-corrected chi connectivity index (χ4v) is 1.97. The quantitative estimate of drug-likeness (QED) is 0.623. The normalized spacial score (nSPS) is 22.2. The highest BCUT2D eigenvalue weighted by molar-refractivity contribution is 5.80. The molecular formula is C14H19NO2. The van der Waals surface area contributed by atoms with E-state index in [0.29, 0.717) is 12.6 Å². The van der Waals surface area contributed by atoms with Gasteiger partial charge in [0.05, 0.1) is 6.61 Å². The molecule has 1 aliphatic heterocycles. The van der Waals surface area contributed by atoms with Crippen LogP contribution in [0.25, 0.3) is 0 Å². The van der Waals surface area contributed by atoms with Crippen LogP contribution in [-0.2, 0) is 16.0 Å². The van der Waals surface area contributed by atoms with E-state index in [1.54, 1.807) is 0 Å². The molecule has 1 aromatic carbocycles. The number of esters is 1. The molecule has 1 aromatic rings. The third-order valence-corrected chi connectivity index (χ3v) is 3.09. The molecule has 17 heavy (non-hydrogen) atoms. The van der Waals surface area contributed by atoms with Gasteiger partial charge in [0.2, 0.25) is 0 Å². The van der Waals surface area contributed by atoms with Crippen molar-refractivity contribution in [2.24, 2.45) is 0 Å². The molecule has 2 atom stereocenters. The average Bonchev–Trinajstić information content (AvgIpc) is 3.08. The summed E-state index contributed by atoms with van der Waals surface area (Å²) in [6.45, 7) is 4.38. The lowest BCUT2D eigenvalue weighted by Gasteiger charge is -2.01. The van der Waals surface area contributed by atoms with Crippen molar-refractivity contribution >= 4 is 5.97 Å².